The first-order chi connectivity index (χ1) is 10.1. The summed E-state index contributed by atoms with van der Waals surface area (Å²) in [6, 6.07) is 6.18. The number of furan rings is 1. The van der Waals surface area contributed by atoms with Crippen LogP contribution in [-0.2, 0) is 0 Å². The van der Waals surface area contributed by atoms with Crippen LogP contribution in [-0.4, -0.2) is 26.0 Å². The zero-order valence-electron chi connectivity index (χ0n) is 11.5. The molecule has 1 aromatic heterocycles. The summed E-state index contributed by atoms with van der Waals surface area (Å²) in [6.07, 6.45) is 2.64. The summed E-state index contributed by atoms with van der Waals surface area (Å²) < 4.78 is 14.9. The minimum atomic E-state index is -0.496. The van der Waals surface area contributed by atoms with Gasteiger partial charge in [-0.3, -0.25) is 20.4 Å². The maximum Gasteiger partial charge on any atom is 0.272 e. The van der Waals surface area contributed by atoms with Crippen LogP contribution in [0.1, 0.15) is 20.7 Å². The highest BCUT2D eigenvalue weighted by Crippen LogP contribution is 2.22. The van der Waals surface area contributed by atoms with Crippen LogP contribution in [0, 0.1) is 0 Å². The number of benzene rings is 1. The average Bonchev–Trinajstić information content (AvgIpc) is 3.06. The Morgan fingerprint density at radius 1 is 0.952 bits per heavy atom. The molecule has 0 radical (unpaired) electrons. The first-order valence-electron chi connectivity index (χ1n) is 6.00. The zero-order valence-corrected chi connectivity index (χ0v) is 11.5. The number of carbonyl (C=O) groups is 2. The van der Waals surface area contributed by atoms with Crippen molar-refractivity contribution < 1.29 is 23.5 Å². The maximum atomic E-state index is 12.0. The van der Waals surface area contributed by atoms with Crippen molar-refractivity contribution in [3.05, 3.63) is 47.9 Å². The van der Waals surface area contributed by atoms with E-state index in [-0.39, 0.29) is 0 Å². The van der Waals surface area contributed by atoms with Gasteiger partial charge in [-0.25, -0.2) is 0 Å². The molecule has 0 saturated heterocycles. The van der Waals surface area contributed by atoms with Gasteiger partial charge in [-0.15, -0.1) is 0 Å². The number of hydrogen-bond acceptors (Lipinski definition) is 5. The van der Waals surface area contributed by atoms with Gasteiger partial charge >= 0.3 is 0 Å². The van der Waals surface area contributed by atoms with Crippen molar-refractivity contribution in [3.63, 3.8) is 0 Å². The number of methoxy groups -OCH3 is 2. The Bertz CT molecular complexity index is 615. The van der Waals surface area contributed by atoms with Gasteiger partial charge in [-0.05, 0) is 18.2 Å². The molecule has 7 nitrogen and oxygen atoms in total. The van der Waals surface area contributed by atoms with Crippen LogP contribution >= 0.6 is 0 Å². The van der Waals surface area contributed by atoms with E-state index in [9.17, 15) is 9.59 Å². The van der Waals surface area contributed by atoms with Gasteiger partial charge in [0.2, 0.25) is 0 Å². The van der Waals surface area contributed by atoms with Crippen LogP contribution in [0.25, 0.3) is 0 Å². The minimum absolute atomic E-state index is 0.290. The molecule has 0 bridgehead atoms. The van der Waals surface area contributed by atoms with Gasteiger partial charge in [0.1, 0.15) is 17.8 Å². The molecule has 0 unspecified atom stereocenters. The van der Waals surface area contributed by atoms with Crippen LogP contribution in [0.15, 0.2) is 41.2 Å². The normalized spacial score (nSPS) is 9.81. The van der Waals surface area contributed by atoms with E-state index < -0.39 is 11.8 Å². The molecule has 2 aromatic rings. The molecule has 0 spiro atoms. The Balaban J connectivity index is 2.04. The van der Waals surface area contributed by atoms with Crippen LogP contribution < -0.4 is 20.3 Å². The second kappa shape index (κ2) is 6.47. The van der Waals surface area contributed by atoms with Crippen molar-refractivity contribution in [3.8, 4) is 11.5 Å². The molecule has 21 heavy (non-hydrogen) atoms. The number of carbonyl (C=O) groups excluding carboxylic acids is 2. The molecule has 0 aliphatic rings. The molecule has 0 atom stereocenters. The minimum Gasteiger partial charge on any atom is -0.497 e. The summed E-state index contributed by atoms with van der Waals surface area (Å²) in [4.78, 5) is 23.6. The first-order valence-corrected chi connectivity index (χ1v) is 6.00. The summed E-state index contributed by atoms with van der Waals surface area (Å²) in [5.41, 5.74) is 5.17. The molecule has 2 amide bonds. The second-order valence-corrected chi connectivity index (χ2v) is 4.02. The summed E-state index contributed by atoms with van der Waals surface area (Å²) in [7, 11) is 2.97. The van der Waals surface area contributed by atoms with Gasteiger partial charge in [0.15, 0.2) is 0 Å². The molecule has 0 saturated carbocycles. The summed E-state index contributed by atoms with van der Waals surface area (Å²) in [6.45, 7) is 0. The topological polar surface area (TPSA) is 89.8 Å². The van der Waals surface area contributed by atoms with E-state index in [0.29, 0.717) is 22.6 Å². The highest BCUT2D eigenvalue weighted by Gasteiger charge is 2.12. The van der Waals surface area contributed by atoms with Crippen LogP contribution in [0.3, 0.4) is 0 Å². The molecular weight excluding hydrogens is 276 g/mol. The van der Waals surface area contributed by atoms with E-state index in [0.717, 1.165) is 0 Å². The number of hydrogen-bond donors (Lipinski definition) is 2. The number of nitrogens with one attached hydrogen (secondary N) is 2. The first kappa shape index (κ1) is 14.4. The van der Waals surface area contributed by atoms with Gasteiger partial charge < -0.3 is 13.9 Å². The third-order valence-electron chi connectivity index (χ3n) is 2.69. The highest BCUT2D eigenvalue weighted by atomic mass is 16.5. The number of ether oxygens (including phenoxy) is 2. The fourth-order valence-corrected chi connectivity index (χ4v) is 1.59. The SMILES string of the molecule is COc1cc(OC)cc(C(=O)NNC(=O)c2ccoc2)c1. The predicted molar refractivity (Wildman–Crippen MR) is 73.2 cm³/mol. The lowest BCUT2D eigenvalue weighted by atomic mass is 10.2. The van der Waals surface area contributed by atoms with Gasteiger partial charge in [-0.2, -0.15) is 0 Å². The Labute approximate surface area is 120 Å². The Morgan fingerprint density at radius 2 is 1.52 bits per heavy atom. The van der Waals surface area contributed by atoms with Gasteiger partial charge in [0.05, 0.1) is 26.0 Å². The van der Waals surface area contributed by atoms with E-state index in [2.05, 4.69) is 10.9 Å². The van der Waals surface area contributed by atoms with Crippen molar-refractivity contribution in [2.45, 2.75) is 0 Å². The largest absolute Gasteiger partial charge is 0.497 e. The number of hydrazine groups is 1. The quantitative estimate of drug-likeness (QED) is 0.830. The molecule has 110 valence electrons. The fourth-order valence-electron chi connectivity index (χ4n) is 1.59. The standard InChI is InChI=1S/C14H14N2O5/c1-19-11-5-10(6-12(7-11)20-2)14(18)16-15-13(17)9-3-4-21-8-9/h3-8H,1-2H3,(H,15,17)(H,16,18). The molecule has 1 heterocycles. The van der Waals surface area contributed by atoms with Crippen LogP contribution in [0.5, 0.6) is 11.5 Å². The number of amides is 2. The molecular formula is C14H14N2O5. The van der Waals surface area contributed by atoms with Crippen LogP contribution in [0.2, 0.25) is 0 Å². The molecule has 0 aliphatic carbocycles. The summed E-state index contributed by atoms with van der Waals surface area (Å²) in [5.74, 6) is -0.0303. The molecule has 2 N–H and O–H groups in total. The Kier molecular flexibility index (Phi) is 4.45. The van der Waals surface area contributed by atoms with E-state index in [4.69, 9.17) is 13.9 Å². The molecule has 2 rings (SSSR count). The second-order valence-electron chi connectivity index (χ2n) is 4.02. The smallest absolute Gasteiger partial charge is 0.272 e. The summed E-state index contributed by atoms with van der Waals surface area (Å²) in [5, 5.41) is 0. The van der Waals surface area contributed by atoms with E-state index in [1.807, 2.05) is 0 Å². The monoisotopic (exact) mass is 290 g/mol. The van der Waals surface area contributed by atoms with Gasteiger partial charge in [0.25, 0.3) is 11.8 Å². The van der Waals surface area contributed by atoms with Crippen LogP contribution in [0.4, 0.5) is 0 Å². The third-order valence-corrected chi connectivity index (χ3v) is 2.69. The van der Waals surface area contributed by atoms with E-state index >= 15 is 0 Å². The lowest BCUT2D eigenvalue weighted by Gasteiger charge is -2.09. The summed E-state index contributed by atoms with van der Waals surface area (Å²) >= 11 is 0. The molecule has 7 heteroatoms. The van der Waals surface area contributed by atoms with Gasteiger partial charge in [0, 0.05) is 11.6 Å². The van der Waals surface area contributed by atoms with Gasteiger partial charge in [-0.1, -0.05) is 0 Å². The lowest BCUT2D eigenvalue weighted by molar-refractivity contribution is 0.0846. The van der Waals surface area contributed by atoms with Crippen molar-refractivity contribution >= 4 is 11.8 Å². The third kappa shape index (κ3) is 3.53. The fraction of sp³-hybridized carbons (Fsp3) is 0.143. The van der Waals surface area contributed by atoms with Crippen molar-refractivity contribution in [1.29, 1.82) is 0 Å². The Hall–Kier alpha value is -2.96. The highest BCUT2D eigenvalue weighted by molar-refractivity contribution is 5.99. The van der Waals surface area contributed by atoms with E-state index in [1.54, 1.807) is 6.07 Å². The Morgan fingerprint density at radius 3 is 2.00 bits per heavy atom. The lowest BCUT2D eigenvalue weighted by Crippen LogP contribution is -2.41. The maximum absolute atomic E-state index is 12.0. The van der Waals surface area contributed by atoms with Crippen molar-refractivity contribution in [1.82, 2.24) is 10.9 Å². The van der Waals surface area contributed by atoms with Crippen molar-refractivity contribution in [2.24, 2.45) is 0 Å². The average molecular weight is 290 g/mol. The zero-order chi connectivity index (χ0) is 15.2. The van der Waals surface area contributed by atoms with E-state index in [1.165, 1.54) is 44.9 Å². The van der Waals surface area contributed by atoms with Crippen molar-refractivity contribution in [2.75, 3.05) is 14.2 Å². The predicted octanol–water partition coefficient (Wildman–Crippen LogP) is 1.37. The molecule has 0 fully saturated rings. The number of rotatable bonds is 4. The molecule has 0 aliphatic heterocycles. The molecule has 1 aromatic carbocycles.